The van der Waals surface area contributed by atoms with Crippen molar-refractivity contribution in [3.8, 4) is 11.5 Å². The summed E-state index contributed by atoms with van der Waals surface area (Å²) in [5.74, 6) is 0.764. The lowest BCUT2D eigenvalue weighted by Crippen LogP contribution is -1.98. The smallest absolute Gasteiger partial charge is 0.260 e. The minimum absolute atomic E-state index is 0.344. The summed E-state index contributed by atoms with van der Waals surface area (Å²) in [6.45, 7) is 2.00. The number of thiophene rings is 1. The lowest BCUT2D eigenvalue weighted by Gasteiger charge is -2.01. The number of hydrogen-bond donors (Lipinski definition) is 1. The SMILES string of the molecule is CCCC(O)c1noc(-c2cc(Br)sc2Br)n1. The normalized spacial score (nSPS) is 12.9. The van der Waals surface area contributed by atoms with Crippen LogP contribution in [-0.4, -0.2) is 15.2 Å². The van der Waals surface area contributed by atoms with Gasteiger partial charge in [-0.2, -0.15) is 4.98 Å². The molecular weight excluding hydrogens is 372 g/mol. The average molecular weight is 382 g/mol. The van der Waals surface area contributed by atoms with Crippen LogP contribution in [0.1, 0.15) is 31.7 Å². The van der Waals surface area contributed by atoms with Gasteiger partial charge in [0, 0.05) is 0 Å². The first kappa shape index (κ1) is 13.2. The second-order valence-corrected chi connectivity index (χ2v) is 7.25. The second kappa shape index (κ2) is 5.60. The largest absolute Gasteiger partial charge is 0.385 e. The standard InChI is InChI=1S/C10H10Br2N2O2S/c1-2-3-6(15)9-13-10(16-14-9)5-4-7(11)17-8(5)12/h4,6,15H,2-3H2,1H3. The van der Waals surface area contributed by atoms with Gasteiger partial charge >= 0.3 is 0 Å². The quantitative estimate of drug-likeness (QED) is 0.863. The number of aliphatic hydroxyl groups excluding tert-OH is 1. The molecule has 2 aromatic heterocycles. The Morgan fingerprint density at radius 1 is 1.53 bits per heavy atom. The number of aliphatic hydroxyl groups is 1. The third-order valence-electron chi connectivity index (χ3n) is 2.19. The van der Waals surface area contributed by atoms with E-state index in [0.29, 0.717) is 18.1 Å². The van der Waals surface area contributed by atoms with Gasteiger partial charge in [0.1, 0.15) is 6.10 Å². The first-order chi connectivity index (χ1) is 8.11. The molecule has 2 rings (SSSR count). The highest BCUT2D eigenvalue weighted by Gasteiger charge is 2.18. The molecule has 17 heavy (non-hydrogen) atoms. The third-order valence-corrected chi connectivity index (χ3v) is 4.53. The first-order valence-corrected chi connectivity index (χ1v) is 7.49. The van der Waals surface area contributed by atoms with E-state index in [0.717, 1.165) is 19.6 Å². The Hall–Kier alpha value is -0.240. The van der Waals surface area contributed by atoms with E-state index >= 15 is 0 Å². The molecule has 0 saturated heterocycles. The van der Waals surface area contributed by atoms with Gasteiger partial charge in [-0.25, -0.2) is 0 Å². The molecule has 0 spiro atoms. The van der Waals surface area contributed by atoms with Crippen LogP contribution in [0.4, 0.5) is 0 Å². The molecule has 7 heteroatoms. The Labute approximate surface area is 119 Å². The summed E-state index contributed by atoms with van der Waals surface area (Å²) < 4.78 is 7.05. The van der Waals surface area contributed by atoms with Crippen molar-refractivity contribution >= 4 is 43.2 Å². The number of nitrogens with zero attached hydrogens (tertiary/aromatic N) is 2. The fourth-order valence-electron chi connectivity index (χ4n) is 1.37. The van der Waals surface area contributed by atoms with Crippen LogP contribution in [0.5, 0.6) is 0 Å². The Kier molecular flexibility index (Phi) is 4.35. The summed E-state index contributed by atoms with van der Waals surface area (Å²) in [6.07, 6.45) is 0.852. The van der Waals surface area contributed by atoms with Crippen molar-refractivity contribution in [2.75, 3.05) is 0 Å². The molecule has 0 saturated carbocycles. The van der Waals surface area contributed by atoms with E-state index in [-0.39, 0.29) is 0 Å². The molecule has 0 bridgehead atoms. The maximum atomic E-state index is 9.75. The van der Waals surface area contributed by atoms with Crippen LogP contribution in [0.3, 0.4) is 0 Å². The van der Waals surface area contributed by atoms with Crippen molar-refractivity contribution in [1.29, 1.82) is 0 Å². The Morgan fingerprint density at radius 2 is 2.29 bits per heavy atom. The molecule has 0 aliphatic rings. The van der Waals surface area contributed by atoms with E-state index in [1.54, 1.807) is 0 Å². The van der Waals surface area contributed by atoms with Gasteiger partial charge in [0.05, 0.1) is 13.1 Å². The van der Waals surface area contributed by atoms with Crippen molar-refractivity contribution < 1.29 is 9.63 Å². The van der Waals surface area contributed by atoms with E-state index in [2.05, 4.69) is 42.0 Å². The number of aromatic nitrogens is 2. The van der Waals surface area contributed by atoms with E-state index in [9.17, 15) is 5.11 Å². The summed E-state index contributed by atoms with van der Waals surface area (Å²) in [5, 5.41) is 13.5. The van der Waals surface area contributed by atoms with E-state index in [4.69, 9.17) is 4.52 Å². The van der Waals surface area contributed by atoms with Gasteiger partial charge in [0.15, 0.2) is 0 Å². The van der Waals surface area contributed by atoms with Crippen LogP contribution in [0.25, 0.3) is 11.5 Å². The lowest BCUT2D eigenvalue weighted by atomic mass is 10.2. The van der Waals surface area contributed by atoms with Crippen molar-refractivity contribution in [3.05, 3.63) is 19.5 Å². The highest BCUT2D eigenvalue weighted by atomic mass is 79.9. The van der Waals surface area contributed by atoms with Gasteiger partial charge in [-0.1, -0.05) is 18.5 Å². The van der Waals surface area contributed by atoms with Crippen molar-refractivity contribution in [1.82, 2.24) is 10.1 Å². The first-order valence-electron chi connectivity index (χ1n) is 5.08. The number of halogens is 2. The summed E-state index contributed by atoms with van der Waals surface area (Å²) in [6, 6.07) is 1.90. The third kappa shape index (κ3) is 2.96. The van der Waals surface area contributed by atoms with Gasteiger partial charge in [-0.05, 0) is 44.3 Å². The van der Waals surface area contributed by atoms with Crippen LogP contribution >= 0.6 is 43.2 Å². The van der Waals surface area contributed by atoms with E-state index in [1.165, 1.54) is 11.3 Å². The molecule has 1 atom stereocenters. The minimum atomic E-state index is -0.654. The topological polar surface area (TPSA) is 59.2 Å². The predicted octanol–water partition coefficient (Wildman–Crippen LogP) is 4.16. The summed E-state index contributed by atoms with van der Waals surface area (Å²) in [7, 11) is 0. The highest BCUT2D eigenvalue weighted by Crippen LogP contribution is 2.38. The summed E-state index contributed by atoms with van der Waals surface area (Å²) in [4.78, 5) is 4.20. The molecule has 2 heterocycles. The van der Waals surface area contributed by atoms with E-state index in [1.807, 2.05) is 13.0 Å². The van der Waals surface area contributed by atoms with Crippen LogP contribution in [-0.2, 0) is 0 Å². The Balaban J connectivity index is 2.26. The van der Waals surface area contributed by atoms with Crippen LogP contribution in [0.15, 0.2) is 18.2 Å². The highest BCUT2D eigenvalue weighted by molar-refractivity contribution is 9.12. The van der Waals surface area contributed by atoms with Crippen LogP contribution in [0, 0.1) is 0 Å². The molecule has 92 valence electrons. The molecule has 0 amide bonds. The minimum Gasteiger partial charge on any atom is -0.385 e. The maximum Gasteiger partial charge on any atom is 0.260 e. The summed E-state index contributed by atoms with van der Waals surface area (Å²) >= 11 is 8.35. The lowest BCUT2D eigenvalue weighted by molar-refractivity contribution is 0.153. The van der Waals surface area contributed by atoms with E-state index < -0.39 is 6.10 Å². The molecule has 0 aliphatic carbocycles. The number of hydrogen-bond acceptors (Lipinski definition) is 5. The second-order valence-electron chi connectivity index (χ2n) is 3.50. The summed E-state index contributed by atoms with van der Waals surface area (Å²) in [5.41, 5.74) is 0.837. The molecule has 0 radical (unpaired) electrons. The fourth-order valence-corrected chi connectivity index (χ4v) is 4.15. The van der Waals surface area contributed by atoms with Gasteiger partial charge in [-0.3, -0.25) is 0 Å². The van der Waals surface area contributed by atoms with Gasteiger partial charge < -0.3 is 9.63 Å². The monoisotopic (exact) mass is 380 g/mol. The predicted molar refractivity (Wildman–Crippen MR) is 72.9 cm³/mol. The zero-order chi connectivity index (χ0) is 12.4. The van der Waals surface area contributed by atoms with Crippen LogP contribution < -0.4 is 0 Å². The molecule has 1 unspecified atom stereocenters. The van der Waals surface area contributed by atoms with Crippen LogP contribution in [0.2, 0.25) is 0 Å². The Morgan fingerprint density at radius 3 is 2.88 bits per heavy atom. The van der Waals surface area contributed by atoms with Crippen molar-refractivity contribution in [2.24, 2.45) is 0 Å². The molecular formula is C10H10Br2N2O2S. The molecule has 0 aliphatic heterocycles. The zero-order valence-electron chi connectivity index (χ0n) is 8.98. The molecule has 0 aromatic carbocycles. The van der Waals surface area contributed by atoms with Gasteiger partial charge in [-0.15, -0.1) is 11.3 Å². The molecule has 2 aromatic rings. The molecule has 0 fully saturated rings. The van der Waals surface area contributed by atoms with Crippen molar-refractivity contribution in [2.45, 2.75) is 25.9 Å². The van der Waals surface area contributed by atoms with Gasteiger partial charge in [0.25, 0.3) is 5.89 Å². The average Bonchev–Trinajstić information content (AvgIpc) is 2.85. The fraction of sp³-hybridized carbons (Fsp3) is 0.400. The molecule has 4 nitrogen and oxygen atoms in total. The zero-order valence-corrected chi connectivity index (χ0v) is 13.0. The maximum absolute atomic E-state index is 9.75. The Bertz CT molecular complexity index is 512. The molecule has 1 N–H and O–H groups in total. The number of rotatable bonds is 4. The van der Waals surface area contributed by atoms with Crippen molar-refractivity contribution in [3.63, 3.8) is 0 Å². The van der Waals surface area contributed by atoms with Gasteiger partial charge in [0.2, 0.25) is 5.82 Å².